The van der Waals surface area contributed by atoms with Crippen LogP contribution in [-0.2, 0) is 19.2 Å². The number of unbranched alkanes of at least 4 members (excludes halogenated alkanes) is 2. The van der Waals surface area contributed by atoms with Crippen LogP contribution >= 0.6 is 7.26 Å². The predicted octanol–water partition coefficient (Wildman–Crippen LogP) is 7.18. The van der Waals surface area contributed by atoms with Crippen molar-refractivity contribution in [3.8, 4) is 0 Å². The Balaban J connectivity index is 0.000000246. The fourth-order valence-electron chi connectivity index (χ4n) is 8.37. The van der Waals surface area contributed by atoms with Gasteiger partial charge in [0, 0.05) is 19.0 Å². The number of carboxylic acids is 2. The summed E-state index contributed by atoms with van der Waals surface area (Å²) in [5.74, 6) is 0.633. The molecule has 0 aliphatic heterocycles. The van der Waals surface area contributed by atoms with E-state index in [0.717, 1.165) is 37.8 Å². The van der Waals surface area contributed by atoms with Crippen molar-refractivity contribution >= 4 is 46.9 Å². The zero-order valence-corrected chi connectivity index (χ0v) is 33.2. The molecule has 2 bridgehead atoms. The molecule has 0 heterocycles. The Kier molecular flexibility index (Phi) is 18.1. The molecule has 0 radical (unpaired) electrons. The van der Waals surface area contributed by atoms with E-state index in [9.17, 15) is 19.2 Å². The summed E-state index contributed by atoms with van der Waals surface area (Å²) in [4.78, 5) is 45.2. The molecule has 0 unspecified atom stereocenters. The first-order valence-electron chi connectivity index (χ1n) is 19.9. The Morgan fingerprint density at radius 1 is 0.691 bits per heavy atom. The van der Waals surface area contributed by atoms with Gasteiger partial charge in [0.2, 0.25) is 11.8 Å². The fraction of sp³-hybridized carbons (Fsp3) is 0.391. The van der Waals surface area contributed by atoms with Gasteiger partial charge in [0.1, 0.15) is 0 Å². The number of aliphatic carboxylic acids is 2. The predicted molar refractivity (Wildman–Crippen MR) is 226 cm³/mol. The van der Waals surface area contributed by atoms with E-state index in [4.69, 9.17) is 10.2 Å². The van der Waals surface area contributed by atoms with E-state index >= 15 is 0 Å². The average molecular weight is 767 g/mol. The molecule has 3 aromatic carbocycles. The van der Waals surface area contributed by atoms with Gasteiger partial charge in [0.15, 0.2) is 0 Å². The van der Waals surface area contributed by atoms with Crippen molar-refractivity contribution in [1.29, 1.82) is 0 Å². The minimum atomic E-state index is -2.28. The number of amides is 2. The number of rotatable bonds is 20. The molecular weight excluding hydrogens is 707 g/mol. The van der Waals surface area contributed by atoms with Crippen molar-refractivity contribution in [2.75, 3.05) is 19.3 Å². The third-order valence-electron chi connectivity index (χ3n) is 11.1. The Bertz CT molecular complexity index is 1630. The number of nitrogens with one attached hydrogen (secondary N) is 2. The Morgan fingerprint density at radius 2 is 1.27 bits per heavy atom. The average Bonchev–Trinajstić information content (AvgIpc) is 3.81. The number of benzene rings is 3. The molecule has 294 valence electrons. The first-order valence-corrected chi connectivity index (χ1v) is 22.1. The first kappa shape index (κ1) is 42.9. The summed E-state index contributed by atoms with van der Waals surface area (Å²) in [6, 6.07) is 31.9. The summed E-state index contributed by atoms with van der Waals surface area (Å²) in [5.41, 5.74) is 0. The number of fused-ring (bicyclic) bond motifs is 2. The van der Waals surface area contributed by atoms with Gasteiger partial charge in [0.25, 0.3) is 0 Å². The van der Waals surface area contributed by atoms with Crippen LogP contribution in [0.3, 0.4) is 0 Å². The van der Waals surface area contributed by atoms with Crippen LogP contribution in [0.2, 0.25) is 0 Å². The molecule has 2 saturated carbocycles. The molecular formula is C46H59N2O6P. The molecule has 9 heteroatoms. The minimum absolute atomic E-state index is 0.0477. The van der Waals surface area contributed by atoms with Gasteiger partial charge >= 0.3 is 161 Å². The maximum absolute atomic E-state index is 12.1. The third-order valence-corrected chi connectivity index (χ3v) is 15.9. The molecule has 4 atom stereocenters. The van der Waals surface area contributed by atoms with E-state index in [-0.39, 0.29) is 24.8 Å². The van der Waals surface area contributed by atoms with Crippen LogP contribution in [0.15, 0.2) is 127 Å². The zero-order chi connectivity index (χ0) is 39.3. The molecule has 2 aliphatic carbocycles. The molecule has 5 rings (SSSR count). The Hall–Kier alpha value is -4.81. The Labute approximate surface area is 327 Å². The SMILES string of the molecule is CCCCCC(=O)NCC(=O)NC[C@@H]1[C@@H]2CC[C@@H](C2)[C@@H]1C/C=C\C/C=C/C(=O)O.O=C(O)CC=CC[PH](c1ccccc1)(c1ccccc1)c1ccccc1. The monoisotopic (exact) mass is 766 g/mol. The van der Waals surface area contributed by atoms with Crippen LogP contribution in [0.1, 0.15) is 71.1 Å². The van der Waals surface area contributed by atoms with Crippen molar-refractivity contribution in [1.82, 2.24) is 10.6 Å². The van der Waals surface area contributed by atoms with Gasteiger partial charge in [-0.25, -0.2) is 4.79 Å². The molecule has 3 aromatic rings. The van der Waals surface area contributed by atoms with Crippen molar-refractivity contribution in [2.45, 2.75) is 71.1 Å². The van der Waals surface area contributed by atoms with E-state index in [1.165, 1.54) is 41.3 Å². The molecule has 2 amide bonds. The van der Waals surface area contributed by atoms with E-state index < -0.39 is 19.2 Å². The summed E-state index contributed by atoms with van der Waals surface area (Å²) < 4.78 is 0. The van der Waals surface area contributed by atoms with E-state index in [0.29, 0.717) is 37.1 Å². The molecule has 2 aliphatic rings. The summed E-state index contributed by atoms with van der Waals surface area (Å²) in [6.07, 6.45) is 20.6. The second kappa shape index (κ2) is 23.2. The number of allylic oxidation sites excluding steroid dienone is 4. The molecule has 4 N–H and O–H groups in total. The number of carbonyl (C=O) groups excluding carboxylic acids is 2. The van der Waals surface area contributed by atoms with Gasteiger partial charge in [-0.15, -0.1) is 0 Å². The fourth-order valence-corrected chi connectivity index (χ4v) is 12.9. The van der Waals surface area contributed by atoms with Crippen molar-refractivity contribution in [3.63, 3.8) is 0 Å². The van der Waals surface area contributed by atoms with Gasteiger partial charge in [-0.05, 0) is 62.2 Å². The third kappa shape index (κ3) is 13.5. The molecule has 2 fully saturated rings. The van der Waals surface area contributed by atoms with Crippen LogP contribution in [0.4, 0.5) is 0 Å². The van der Waals surface area contributed by atoms with Crippen molar-refractivity contribution in [3.05, 3.63) is 127 Å². The van der Waals surface area contributed by atoms with Crippen LogP contribution in [0, 0.1) is 23.7 Å². The van der Waals surface area contributed by atoms with Crippen molar-refractivity contribution < 1.29 is 29.4 Å². The van der Waals surface area contributed by atoms with Crippen LogP contribution < -0.4 is 26.5 Å². The number of carboxylic acid groups (broad SMARTS) is 2. The van der Waals surface area contributed by atoms with Crippen LogP contribution in [0.25, 0.3) is 0 Å². The van der Waals surface area contributed by atoms with Crippen LogP contribution in [-0.4, -0.2) is 53.2 Å². The van der Waals surface area contributed by atoms with Gasteiger partial charge < -0.3 is 15.7 Å². The van der Waals surface area contributed by atoms with Gasteiger partial charge in [-0.2, -0.15) is 0 Å². The summed E-state index contributed by atoms with van der Waals surface area (Å²) in [5, 5.41) is 27.3. The second-order valence-corrected chi connectivity index (χ2v) is 18.6. The zero-order valence-electron chi connectivity index (χ0n) is 32.2. The number of carbonyl (C=O) groups is 4. The molecule has 0 aromatic heterocycles. The first-order chi connectivity index (χ1) is 26.7. The molecule has 0 spiro atoms. The quantitative estimate of drug-likeness (QED) is 0.0417. The maximum atomic E-state index is 12.1. The summed E-state index contributed by atoms with van der Waals surface area (Å²) in [7, 11) is -2.28. The normalized spacial score (nSPS) is 19.3. The van der Waals surface area contributed by atoms with E-state index in [2.05, 4.69) is 96.4 Å². The van der Waals surface area contributed by atoms with Gasteiger partial charge in [0.05, 0.1) is 6.54 Å². The number of hydrogen-bond donors (Lipinski definition) is 4. The standard InChI is InChI=1S/C23H36N2O4.C23H23O2P/c1-2-3-6-10-21(26)25-16-22(27)24-15-20-18-13-12-17(14-18)19(20)9-7-4-5-8-11-23(28)29;24-23(25)18-10-11-19-26(20-12-4-1-5-13-20,21-14-6-2-7-15-21)22-16-8-3-9-17-22/h4,7-8,11,17-20H,2-3,5-6,9-10,12-16H2,1H3,(H,24,27)(H,25,26)(H,28,29);1-17,26H,18-19H2,(H,24,25)/b7-4-,11-8+;/t17-,18+,19-,20+;/m0./s1. The Morgan fingerprint density at radius 3 is 1.82 bits per heavy atom. The topological polar surface area (TPSA) is 133 Å². The second-order valence-electron chi connectivity index (χ2n) is 14.7. The molecule has 8 nitrogen and oxygen atoms in total. The van der Waals surface area contributed by atoms with Crippen LogP contribution in [0.5, 0.6) is 0 Å². The van der Waals surface area contributed by atoms with E-state index in [1.807, 2.05) is 30.4 Å². The number of hydrogen-bond acceptors (Lipinski definition) is 4. The van der Waals surface area contributed by atoms with Gasteiger partial charge in [-0.3, -0.25) is 9.59 Å². The summed E-state index contributed by atoms with van der Waals surface area (Å²) >= 11 is 0. The van der Waals surface area contributed by atoms with E-state index in [1.54, 1.807) is 12.2 Å². The summed E-state index contributed by atoms with van der Waals surface area (Å²) in [6.45, 7) is 2.84. The molecule has 55 heavy (non-hydrogen) atoms. The van der Waals surface area contributed by atoms with Crippen molar-refractivity contribution in [2.24, 2.45) is 23.7 Å². The molecule has 0 saturated heterocycles. The van der Waals surface area contributed by atoms with Gasteiger partial charge in [-0.1, -0.05) is 38.0 Å².